The highest BCUT2D eigenvalue weighted by Crippen LogP contribution is 2.31. The van der Waals surface area contributed by atoms with E-state index in [-0.39, 0.29) is 5.75 Å². The minimum absolute atomic E-state index is 0.185. The molecule has 0 spiro atoms. The number of benzene rings is 1. The van der Waals surface area contributed by atoms with Gasteiger partial charge in [0.2, 0.25) is 0 Å². The highest BCUT2D eigenvalue weighted by atomic mass is 32.2. The van der Waals surface area contributed by atoms with Crippen LogP contribution in [0.3, 0.4) is 0 Å². The van der Waals surface area contributed by atoms with Gasteiger partial charge in [-0.05, 0) is 30.5 Å². The Bertz CT molecular complexity index is 492. The Hall–Kier alpha value is -1.07. The van der Waals surface area contributed by atoms with Gasteiger partial charge in [0.15, 0.2) is 9.84 Å². The second-order valence-electron chi connectivity index (χ2n) is 4.62. The molecule has 0 saturated carbocycles. The van der Waals surface area contributed by atoms with E-state index in [1.165, 1.54) is 0 Å². The van der Waals surface area contributed by atoms with Crippen LogP contribution in [0, 0.1) is 0 Å². The summed E-state index contributed by atoms with van der Waals surface area (Å²) in [5.41, 5.74) is 0.631. The van der Waals surface area contributed by atoms with Crippen LogP contribution in [-0.4, -0.2) is 31.6 Å². The zero-order valence-electron chi connectivity index (χ0n) is 10.4. The van der Waals surface area contributed by atoms with E-state index in [1.54, 1.807) is 31.4 Å². The fraction of sp³-hybridized carbons (Fsp3) is 0.538. The third-order valence-electron chi connectivity index (χ3n) is 3.44. The largest absolute Gasteiger partial charge is 0.497 e. The molecular weight excluding hydrogens is 252 g/mol. The van der Waals surface area contributed by atoms with Crippen LogP contribution >= 0.6 is 0 Å². The number of ether oxygens (including phenoxy) is 1. The molecule has 1 aliphatic heterocycles. The van der Waals surface area contributed by atoms with Crippen molar-refractivity contribution >= 4 is 9.84 Å². The SMILES string of the molecule is COc1ccc(C(O)C2CCCCS2(=O)=O)cc1. The molecule has 0 bridgehead atoms. The minimum atomic E-state index is -3.17. The van der Waals surface area contributed by atoms with E-state index >= 15 is 0 Å². The molecule has 1 saturated heterocycles. The van der Waals surface area contributed by atoms with Gasteiger partial charge in [-0.2, -0.15) is 0 Å². The van der Waals surface area contributed by atoms with E-state index in [9.17, 15) is 13.5 Å². The normalized spacial score (nSPS) is 24.4. The van der Waals surface area contributed by atoms with E-state index in [1.807, 2.05) is 0 Å². The van der Waals surface area contributed by atoms with Gasteiger partial charge in [-0.3, -0.25) is 0 Å². The van der Waals surface area contributed by atoms with Crippen molar-refractivity contribution in [2.45, 2.75) is 30.6 Å². The molecular formula is C13H18O4S. The molecule has 2 unspecified atom stereocenters. The fourth-order valence-corrected chi connectivity index (χ4v) is 4.33. The zero-order chi connectivity index (χ0) is 13.2. The molecule has 1 fully saturated rings. The van der Waals surface area contributed by atoms with Gasteiger partial charge in [0, 0.05) is 0 Å². The van der Waals surface area contributed by atoms with Crippen LogP contribution in [0.4, 0.5) is 0 Å². The molecule has 1 aromatic carbocycles. The predicted octanol–water partition coefficient (Wildman–Crippen LogP) is 1.70. The molecule has 2 atom stereocenters. The van der Waals surface area contributed by atoms with Gasteiger partial charge in [-0.25, -0.2) is 8.42 Å². The van der Waals surface area contributed by atoms with Gasteiger partial charge in [-0.15, -0.1) is 0 Å². The number of aliphatic hydroxyl groups is 1. The molecule has 0 radical (unpaired) electrons. The molecule has 0 amide bonds. The first-order valence-electron chi connectivity index (χ1n) is 6.08. The molecule has 0 aliphatic carbocycles. The highest BCUT2D eigenvalue weighted by molar-refractivity contribution is 7.92. The third-order valence-corrected chi connectivity index (χ3v) is 5.71. The number of sulfone groups is 1. The average Bonchev–Trinajstić information content (AvgIpc) is 2.37. The standard InChI is InChI=1S/C13H18O4S/c1-17-11-7-5-10(6-8-11)13(14)12-4-2-3-9-18(12,15)16/h5-8,12-14H,2-4,9H2,1H3. The van der Waals surface area contributed by atoms with Crippen molar-refractivity contribution in [2.24, 2.45) is 0 Å². The maximum Gasteiger partial charge on any atom is 0.156 e. The number of methoxy groups -OCH3 is 1. The van der Waals surface area contributed by atoms with Gasteiger partial charge in [0.1, 0.15) is 5.75 Å². The van der Waals surface area contributed by atoms with Gasteiger partial charge >= 0.3 is 0 Å². The molecule has 100 valence electrons. The van der Waals surface area contributed by atoms with E-state index in [0.717, 1.165) is 6.42 Å². The summed E-state index contributed by atoms with van der Waals surface area (Å²) in [6, 6.07) is 6.89. The van der Waals surface area contributed by atoms with Crippen molar-refractivity contribution in [2.75, 3.05) is 12.9 Å². The Morgan fingerprint density at radius 3 is 2.50 bits per heavy atom. The Morgan fingerprint density at radius 1 is 1.28 bits per heavy atom. The molecule has 4 nitrogen and oxygen atoms in total. The molecule has 5 heteroatoms. The van der Waals surface area contributed by atoms with E-state index in [0.29, 0.717) is 24.2 Å². The lowest BCUT2D eigenvalue weighted by Gasteiger charge is -2.26. The minimum Gasteiger partial charge on any atom is -0.497 e. The maximum absolute atomic E-state index is 11.9. The van der Waals surface area contributed by atoms with Crippen molar-refractivity contribution in [3.8, 4) is 5.75 Å². The molecule has 1 aliphatic rings. The van der Waals surface area contributed by atoms with Crippen LogP contribution < -0.4 is 4.74 Å². The molecule has 0 aromatic heterocycles. The fourth-order valence-electron chi connectivity index (χ4n) is 2.35. The summed E-state index contributed by atoms with van der Waals surface area (Å²) < 4.78 is 28.9. The molecule has 1 aromatic rings. The lowest BCUT2D eigenvalue weighted by Crippen LogP contribution is -2.33. The van der Waals surface area contributed by atoms with Gasteiger partial charge in [-0.1, -0.05) is 18.6 Å². The summed E-state index contributed by atoms with van der Waals surface area (Å²) in [6.45, 7) is 0. The number of aliphatic hydroxyl groups excluding tert-OH is 1. The van der Waals surface area contributed by atoms with Gasteiger partial charge in [0.05, 0.1) is 24.2 Å². The smallest absolute Gasteiger partial charge is 0.156 e. The van der Waals surface area contributed by atoms with Crippen LogP contribution in [0.15, 0.2) is 24.3 Å². The monoisotopic (exact) mass is 270 g/mol. The van der Waals surface area contributed by atoms with Crippen molar-refractivity contribution in [3.63, 3.8) is 0 Å². The van der Waals surface area contributed by atoms with Gasteiger partial charge in [0.25, 0.3) is 0 Å². The Kier molecular flexibility index (Phi) is 3.92. The lowest BCUT2D eigenvalue weighted by molar-refractivity contribution is 0.164. The second kappa shape index (κ2) is 5.28. The van der Waals surface area contributed by atoms with E-state index in [4.69, 9.17) is 4.74 Å². The zero-order valence-corrected chi connectivity index (χ0v) is 11.2. The van der Waals surface area contributed by atoms with Crippen LogP contribution in [0.2, 0.25) is 0 Å². The molecule has 18 heavy (non-hydrogen) atoms. The van der Waals surface area contributed by atoms with E-state index < -0.39 is 21.2 Å². The van der Waals surface area contributed by atoms with Crippen molar-refractivity contribution in [1.29, 1.82) is 0 Å². The van der Waals surface area contributed by atoms with Crippen molar-refractivity contribution < 1.29 is 18.3 Å². The number of rotatable bonds is 3. The summed E-state index contributed by atoms with van der Waals surface area (Å²) in [4.78, 5) is 0. The highest BCUT2D eigenvalue weighted by Gasteiger charge is 2.35. The first-order chi connectivity index (χ1) is 8.54. The predicted molar refractivity (Wildman–Crippen MR) is 69.4 cm³/mol. The third kappa shape index (κ3) is 2.67. The summed E-state index contributed by atoms with van der Waals surface area (Å²) in [6.07, 6.45) is 1.15. The Morgan fingerprint density at radius 2 is 1.94 bits per heavy atom. The first-order valence-corrected chi connectivity index (χ1v) is 7.80. The Labute approximate surface area is 108 Å². The molecule has 2 rings (SSSR count). The van der Waals surface area contributed by atoms with Crippen molar-refractivity contribution in [1.82, 2.24) is 0 Å². The average molecular weight is 270 g/mol. The lowest BCUT2D eigenvalue weighted by atomic mass is 10.0. The van der Waals surface area contributed by atoms with E-state index in [2.05, 4.69) is 0 Å². The molecule has 1 heterocycles. The topological polar surface area (TPSA) is 63.6 Å². The summed E-state index contributed by atoms with van der Waals surface area (Å²) >= 11 is 0. The summed E-state index contributed by atoms with van der Waals surface area (Å²) in [5.74, 6) is 0.877. The maximum atomic E-state index is 11.9. The Balaban J connectivity index is 2.21. The van der Waals surface area contributed by atoms with Crippen molar-refractivity contribution in [3.05, 3.63) is 29.8 Å². The van der Waals surface area contributed by atoms with Gasteiger partial charge < -0.3 is 9.84 Å². The summed E-state index contributed by atoms with van der Waals surface area (Å²) in [7, 11) is -1.60. The molecule has 1 N–H and O–H groups in total. The first kappa shape index (κ1) is 13.4. The van der Waals surface area contributed by atoms with Crippen LogP contribution in [-0.2, 0) is 9.84 Å². The van der Waals surface area contributed by atoms with Crippen LogP contribution in [0.1, 0.15) is 30.9 Å². The quantitative estimate of drug-likeness (QED) is 0.908. The summed E-state index contributed by atoms with van der Waals surface area (Å²) in [5, 5.41) is 9.56. The second-order valence-corrected chi connectivity index (χ2v) is 6.96. The number of hydrogen-bond acceptors (Lipinski definition) is 4. The number of hydrogen-bond donors (Lipinski definition) is 1. The van der Waals surface area contributed by atoms with Crippen LogP contribution in [0.25, 0.3) is 0 Å². The van der Waals surface area contributed by atoms with Crippen LogP contribution in [0.5, 0.6) is 5.75 Å².